The minimum atomic E-state index is -3.38. The van der Waals surface area contributed by atoms with Gasteiger partial charge in [-0.05, 0) is 73.9 Å². The highest BCUT2D eigenvalue weighted by Gasteiger charge is 2.20. The van der Waals surface area contributed by atoms with E-state index in [1.54, 1.807) is 40.9 Å². The first-order valence-corrected chi connectivity index (χ1v) is 15.4. The molecule has 5 rings (SSSR count). The van der Waals surface area contributed by atoms with Crippen molar-refractivity contribution in [1.29, 1.82) is 5.26 Å². The quantitative estimate of drug-likeness (QED) is 0.191. The van der Waals surface area contributed by atoms with Crippen molar-refractivity contribution in [3.05, 3.63) is 94.7 Å². The standard InChI is InChI=1S/C30H30N10O3S/c1-17-11-21(13-22(12-17)30(41)33-15-20-5-7-23(8-6-20)39-44(4,42)43)25-26-18(2)9-10-40(26)38-28(37-25)19(3)36-29-24(14-31)27(32)34-16-35-29/h5-13,16,19,39H,15H2,1-4H3,(H,33,41)(H3,32,34,35,36)/t19-/m0/s1. The van der Waals surface area contributed by atoms with Crippen LogP contribution in [0, 0.1) is 25.2 Å². The number of hydrogen-bond acceptors (Lipinski definition) is 10. The molecule has 0 spiro atoms. The number of aromatic nitrogens is 5. The number of carbonyl (C=O) groups is 1. The lowest BCUT2D eigenvalue weighted by atomic mass is 10.0. The van der Waals surface area contributed by atoms with Gasteiger partial charge in [-0.3, -0.25) is 9.52 Å². The van der Waals surface area contributed by atoms with E-state index in [0.29, 0.717) is 22.8 Å². The number of amides is 1. The molecule has 3 heterocycles. The van der Waals surface area contributed by atoms with Crippen LogP contribution >= 0.6 is 0 Å². The molecule has 14 heteroatoms. The van der Waals surface area contributed by atoms with E-state index >= 15 is 0 Å². The van der Waals surface area contributed by atoms with Crippen LogP contribution in [0.15, 0.2) is 61.1 Å². The summed E-state index contributed by atoms with van der Waals surface area (Å²) in [5.74, 6) is 0.510. The molecule has 0 fully saturated rings. The maximum atomic E-state index is 13.3. The van der Waals surface area contributed by atoms with Crippen LogP contribution in [0.4, 0.5) is 17.3 Å². The minimum absolute atomic E-state index is 0.0711. The van der Waals surface area contributed by atoms with E-state index in [2.05, 4.69) is 25.3 Å². The second kappa shape index (κ2) is 12.0. The number of nitrogens with zero attached hydrogens (tertiary/aromatic N) is 6. The number of benzene rings is 2. The van der Waals surface area contributed by atoms with Crippen LogP contribution < -0.4 is 21.1 Å². The summed E-state index contributed by atoms with van der Waals surface area (Å²) in [6, 6.07) is 15.8. The molecule has 1 amide bonds. The van der Waals surface area contributed by atoms with Crippen LogP contribution in [0.2, 0.25) is 0 Å². The Kier molecular flexibility index (Phi) is 8.15. The second-order valence-electron chi connectivity index (χ2n) is 10.4. The molecule has 2 aromatic carbocycles. The van der Waals surface area contributed by atoms with Gasteiger partial charge in [-0.1, -0.05) is 12.1 Å². The van der Waals surface area contributed by atoms with Crippen LogP contribution in [-0.2, 0) is 16.6 Å². The molecular weight excluding hydrogens is 580 g/mol. The number of hydrogen-bond donors (Lipinski definition) is 4. The van der Waals surface area contributed by atoms with Crippen LogP contribution in [0.25, 0.3) is 16.8 Å². The molecule has 5 aromatic rings. The number of carbonyl (C=O) groups excluding carboxylic acids is 1. The molecule has 1 atom stereocenters. The van der Waals surface area contributed by atoms with Crippen molar-refractivity contribution >= 4 is 38.8 Å². The number of anilines is 3. The van der Waals surface area contributed by atoms with E-state index in [-0.39, 0.29) is 29.7 Å². The Morgan fingerprint density at radius 2 is 1.86 bits per heavy atom. The summed E-state index contributed by atoms with van der Waals surface area (Å²) in [5, 5.41) is 20.3. The maximum absolute atomic E-state index is 13.3. The van der Waals surface area contributed by atoms with Crippen molar-refractivity contribution in [3.63, 3.8) is 0 Å². The lowest BCUT2D eigenvalue weighted by molar-refractivity contribution is 0.0951. The first kappa shape index (κ1) is 29.9. The number of fused-ring (bicyclic) bond motifs is 1. The van der Waals surface area contributed by atoms with E-state index < -0.39 is 16.1 Å². The van der Waals surface area contributed by atoms with Crippen molar-refractivity contribution in [3.8, 4) is 17.3 Å². The predicted octanol–water partition coefficient (Wildman–Crippen LogP) is 3.73. The minimum Gasteiger partial charge on any atom is -0.382 e. The first-order valence-electron chi connectivity index (χ1n) is 13.5. The van der Waals surface area contributed by atoms with Crippen molar-refractivity contribution in [2.24, 2.45) is 0 Å². The molecule has 3 aromatic heterocycles. The Morgan fingerprint density at radius 1 is 1.11 bits per heavy atom. The van der Waals surface area contributed by atoms with Gasteiger partial charge in [0.2, 0.25) is 10.0 Å². The zero-order chi connectivity index (χ0) is 31.6. The lowest BCUT2D eigenvalue weighted by Crippen LogP contribution is -2.23. The van der Waals surface area contributed by atoms with Gasteiger partial charge in [0, 0.05) is 29.6 Å². The number of nitrogens with two attached hydrogens (primary N) is 1. The topological polar surface area (TPSA) is 193 Å². The number of sulfonamides is 1. The van der Waals surface area contributed by atoms with Crippen LogP contribution in [0.5, 0.6) is 0 Å². The summed E-state index contributed by atoms with van der Waals surface area (Å²) in [6.07, 6.45) is 4.21. The molecule has 44 heavy (non-hydrogen) atoms. The summed E-state index contributed by atoms with van der Waals surface area (Å²) in [6.45, 7) is 5.97. The van der Waals surface area contributed by atoms with Crippen molar-refractivity contribution in [2.45, 2.75) is 33.4 Å². The Bertz CT molecular complexity index is 2030. The molecule has 0 radical (unpaired) electrons. The Balaban J connectivity index is 1.43. The largest absolute Gasteiger partial charge is 0.382 e. The Morgan fingerprint density at radius 3 is 2.57 bits per heavy atom. The number of nitrogens with one attached hydrogen (secondary N) is 3. The van der Waals surface area contributed by atoms with Crippen LogP contribution in [-0.4, -0.2) is 45.1 Å². The lowest BCUT2D eigenvalue weighted by Gasteiger charge is -2.17. The van der Waals surface area contributed by atoms with Crippen LogP contribution in [0.1, 0.15) is 51.4 Å². The maximum Gasteiger partial charge on any atom is 0.251 e. The van der Waals surface area contributed by atoms with E-state index in [4.69, 9.17) is 15.8 Å². The summed E-state index contributed by atoms with van der Waals surface area (Å²) in [5.41, 5.74) is 11.7. The fourth-order valence-electron chi connectivity index (χ4n) is 4.71. The van der Waals surface area contributed by atoms with Gasteiger partial charge in [0.15, 0.2) is 5.82 Å². The zero-order valence-corrected chi connectivity index (χ0v) is 25.3. The Labute approximate surface area is 254 Å². The molecular formula is C30H30N10O3S. The average Bonchev–Trinajstić information content (AvgIpc) is 3.35. The van der Waals surface area contributed by atoms with Gasteiger partial charge in [0.1, 0.15) is 29.6 Å². The van der Waals surface area contributed by atoms with Gasteiger partial charge >= 0.3 is 0 Å². The molecule has 13 nitrogen and oxygen atoms in total. The third kappa shape index (κ3) is 6.58. The summed E-state index contributed by atoms with van der Waals surface area (Å²) < 4.78 is 27.1. The highest BCUT2D eigenvalue weighted by molar-refractivity contribution is 7.92. The highest BCUT2D eigenvalue weighted by atomic mass is 32.2. The van der Waals surface area contributed by atoms with E-state index in [9.17, 15) is 18.5 Å². The van der Waals surface area contributed by atoms with Gasteiger partial charge < -0.3 is 16.4 Å². The third-order valence-electron chi connectivity index (χ3n) is 6.78. The van der Waals surface area contributed by atoms with Crippen molar-refractivity contribution < 1.29 is 13.2 Å². The van der Waals surface area contributed by atoms with Crippen molar-refractivity contribution in [2.75, 3.05) is 22.0 Å². The SMILES string of the molecule is Cc1cc(C(=O)NCc2ccc(NS(C)(=O)=O)cc2)cc(-c2nc([C@H](C)Nc3ncnc(N)c3C#N)nn3ccc(C)c23)c1. The van der Waals surface area contributed by atoms with Crippen molar-refractivity contribution in [1.82, 2.24) is 29.9 Å². The second-order valence-corrected chi connectivity index (χ2v) is 12.2. The normalized spacial score (nSPS) is 12.0. The smallest absolute Gasteiger partial charge is 0.251 e. The molecule has 0 saturated carbocycles. The van der Waals surface area contributed by atoms with Gasteiger partial charge in [-0.25, -0.2) is 27.9 Å². The molecule has 0 aliphatic carbocycles. The average molecular weight is 611 g/mol. The summed E-state index contributed by atoms with van der Waals surface area (Å²) in [7, 11) is -3.38. The van der Waals surface area contributed by atoms with Gasteiger partial charge in [-0.15, -0.1) is 0 Å². The molecule has 0 bridgehead atoms. The molecule has 5 N–H and O–H groups in total. The van der Waals surface area contributed by atoms with Gasteiger partial charge in [0.25, 0.3) is 5.91 Å². The molecule has 0 aliphatic rings. The summed E-state index contributed by atoms with van der Waals surface area (Å²) in [4.78, 5) is 26.2. The molecule has 224 valence electrons. The molecule has 0 unspecified atom stereocenters. The Hall–Kier alpha value is -5.55. The fourth-order valence-corrected chi connectivity index (χ4v) is 5.27. The van der Waals surface area contributed by atoms with E-state index in [1.807, 2.05) is 45.2 Å². The molecule has 0 aliphatic heterocycles. The van der Waals surface area contributed by atoms with Crippen LogP contribution in [0.3, 0.4) is 0 Å². The summed E-state index contributed by atoms with van der Waals surface area (Å²) >= 11 is 0. The molecule has 0 saturated heterocycles. The van der Waals surface area contributed by atoms with E-state index in [1.165, 1.54) is 6.33 Å². The third-order valence-corrected chi connectivity index (χ3v) is 7.39. The number of nitriles is 1. The van der Waals surface area contributed by atoms with Gasteiger partial charge in [0.05, 0.1) is 23.5 Å². The highest BCUT2D eigenvalue weighted by Crippen LogP contribution is 2.29. The number of nitrogen functional groups attached to an aromatic ring is 1. The first-order chi connectivity index (χ1) is 20.9. The van der Waals surface area contributed by atoms with E-state index in [0.717, 1.165) is 34.0 Å². The number of aryl methyl sites for hydroxylation is 2. The zero-order valence-electron chi connectivity index (χ0n) is 24.5. The van der Waals surface area contributed by atoms with Gasteiger partial charge in [-0.2, -0.15) is 10.4 Å². The number of rotatable bonds is 9. The fraction of sp³-hybridized carbons (Fsp3) is 0.200. The monoisotopic (exact) mass is 610 g/mol. The predicted molar refractivity (Wildman–Crippen MR) is 167 cm³/mol.